The molecule has 0 fully saturated rings. The molecule has 98 valence electrons. The third-order valence-corrected chi connectivity index (χ3v) is 3.77. The number of nitrogens with two attached hydrogens (primary N) is 1. The van der Waals surface area contributed by atoms with Crippen molar-refractivity contribution in [1.29, 1.82) is 0 Å². The number of benzene rings is 2. The molecule has 2 aromatic carbocycles. The Balaban J connectivity index is 1.71. The molecule has 3 rings (SSSR count). The number of aryl methyl sites for hydroxylation is 1. The van der Waals surface area contributed by atoms with Gasteiger partial charge in [-0.25, -0.2) is 0 Å². The molecule has 0 aromatic heterocycles. The van der Waals surface area contributed by atoms with Crippen molar-refractivity contribution in [3.05, 3.63) is 64.2 Å². The zero-order valence-electron chi connectivity index (χ0n) is 10.6. The highest BCUT2D eigenvalue weighted by molar-refractivity contribution is 6.30. The lowest BCUT2D eigenvalue weighted by Crippen LogP contribution is -2.05. The predicted octanol–water partition coefficient (Wildman–Crippen LogP) is 3.87. The van der Waals surface area contributed by atoms with Crippen molar-refractivity contribution in [2.24, 2.45) is 5.73 Å². The van der Waals surface area contributed by atoms with Gasteiger partial charge < -0.3 is 10.5 Å². The molecule has 0 aliphatic heterocycles. The average Bonchev–Trinajstić information content (AvgIpc) is 2.78. The molecule has 1 aliphatic carbocycles. The van der Waals surface area contributed by atoms with Crippen molar-refractivity contribution in [3.8, 4) is 5.75 Å². The Morgan fingerprint density at radius 2 is 2.11 bits per heavy atom. The molecule has 3 heteroatoms. The average molecular weight is 274 g/mol. The highest BCUT2D eigenvalue weighted by Crippen LogP contribution is 2.32. The molecule has 19 heavy (non-hydrogen) atoms. The van der Waals surface area contributed by atoms with Crippen LogP contribution in [-0.2, 0) is 13.0 Å². The van der Waals surface area contributed by atoms with E-state index in [0.29, 0.717) is 6.61 Å². The van der Waals surface area contributed by atoms with E-state index in [9.17, 15) is 0 Å². The third-order valence-electron chi connectivity index (χ3n) is 3.53. The van der Waals surface area contributed by atoms with Gasteiger partial charge in [0.05, 0.1) is 0 Å². The van der Waals surface area contributed by atoms with E-state index in [4.69, 9.17) is 22.1 Å². The summed E-state index contributed by atoms with van der Waals surface area (Å²) in [5, 5.41) is 0.737. The van der Waals surface area contributed by atoms with Crippen LogP contribution in [0.15, 0.2) is 42.5 Å². The van der Waals surface area contributed by atoms with E-state index in [1.165, 1.54) is 11.1 Å². The van der Waals surface area contributed by atoms with E-state index >= 15 is 0 Å². The molecule has 1 unspecified atom stereocenters. The van der Waals surface area contributed by atoms with Crippen LogP contribution in [-0.4, -0.2) is 0 Å². The number of fused-ring (bicyclic) bond motifs is 1. The van der Waals surface area contributed by atoms with Crippen molar-refractivity contribution >= 4 is 11.6 Å². The Kier molecular flexibility index (Phi) is 3.45. The minimum atomic E-state index is 0.192. The van der Waals surface area contributed by atoms with Gasteiger partial charge in [0.25, 0.3) is 0 Å². The molecular formula is C16H16ClNO. The molecule has 1 aliphatic rings. The molecule has 2 aromatic rings. The molecule has 2 nitrogen and oxygen atoms in total. The minimum absolute atomic E-state index is 0.192. The van der Waals surface area contributed by atoms with E-state index in [0.717, 1.165) is 29.2 Å². The van der Waals surface area contributed by atoms with Crippen LogP contribution < -0.4 is 10.5 Å². The fourth-order valence-corrected chi connectivity index (χ4v) is 2.72. The Morgan fingerprint density at radius 3 is 2.95 bits per heavy atom. The van der Waals surface area contributed by atoms with Gasteiger partial charge >= 0.3 is 0 Å². The van der Waals surface area contributed by atoms with Crippen LogP contribution in [0, 0.1) is 0 Å². The summed E-state index contributed by atoms with van der Waals surface area (Å²) >= 11 is 5.95. The maximum Gasteiger partial charge on any atom is 0.120 e. The molecule has 0 heterocycles. The van der Waals surface area contributed by atoms with E-state index in [-0.39, 0.29) is 6.04 Å². The number of halogens is 1. The summed E-state index contributed by atoms with van der Waals surface area (Å²) in [6.07, 6.45) is 2.08. The second kappa shape index (κ2) is 5.24. The first kappa shape index (κ1) is 12.5. The Labute approximate surface area is 118 Å². The normalized spacial score (nSPS) is 17.3. The summed E-state index contributed by atoms with van der Waals surface area (Å²) in [5.74, 6) is 0.896. The second-order valence-corrected chi connectivity index (χ2v) is 5.36. The minimum Gasteiger partial charge on any atom is -0.489 e. The molecule has 0 saturated carbocycles. The highest BCUT2D eigenvalue weighted by Gasteiger charge is 2.18. The fourth-order valence-electron chi connectivity index (χ4n) is 2.51. The Morgan fingerprint density at radius 1 is 1.21 bits per heavy atom. The second-order valence-electron chi connectivity index (χ2n) is 4.92. The zero-order chi connectivity index (χ0) is 13.2. The molecule has 0 bridgehead atoms. The lowest BCUT2D eigenvalue weighted by Gasteiger charge is -2.09. The topological polar surface area (TPSA) is 35.2 Å². The number of hydrogen-bond donors (Lipinski definition) is 1. The van der Waals surface area contributed by atoms with Gasteiger partial charge in [-0.15, -0.1) is 0 Å². The highest BCUT2D eigenvalue weighted by atomic mass is 35.5. The summed E-state index contributed by atoms with van der Waals surface area (Å²) in [6, 6.07) is 14.1. The molecular weight excluding hydrogens is 258 g/mol. The van der Waals surface area contributed by atoms with Crippen molar-refractivity contribution in [2.75, 3.05) is 0 Å². The Bertz CT molecular complexity index is 597. The SMILES string of the molecule is NC1CCc2cc(OCc3cccc(Cl)c3)ccc21. The van der Waals surface area contributed by atoms with Gasteiger partial charge in [-0.05, 0) is 53.8 Å². The lowest BCUT2D eigenvalue weighted by molar-refractivity contribution is 0.306. The van der Waals surface area contributed by atoms with Gasteiger partial charge in [-0.2, -0.15) is 0 Å². The van der Waals surface area contributed by atoms with Crippen LogP contribution in [0.4, 0.5) is 0 Å². The van der Waals surface area contributed by atoms with Crippen molar-refractivity contribution in [2.45, 2.75) is 25.5 Å². The maximum absolute atomic E-state index is 6.02. The van der Waals surface area contributed by atoms with Crippen LogP contribution >= 0.6 is 11.6 Å². The summed E-state index contributed by atoms with van der Waals surface area (Å²) in [6.45, 7) is 0.533. The number of ether oxygens (including phenoxy) is 1. The van der Waals surface area contributed by atoms with E-state index < -0.39 is 0 Å². The summed E-state index contributed by atoms with van der Waals surface area (Å²) in [7, 11) is 0. The molecule has 0 amide bonds. The predicted molar refractivity (Wildman–Crippen MR) is 77.5 cm³/mol. The molecule has 2 N–H and O–H groups in total. The zero-order valence-corrected chi connectivity index (χ0v) is 11.4. The van der Waals surface area contributed by atoms with Crippen LogP contribution in [0.1, 0.15) is 29.2 Å². The summed E-state index contributed by atoms with van der Waals surface area (Å²) in [5.41, 5.74) is 9.67. The van der Waals surface area contributed by atoms with Crippen molar-refractivity contribution in [1.82, 2.24) is 0 Å². The van der Waals surface area contributed by atoms with Gasteiger partial charge in [-0.3, -0.25) is 0 Å². The molecule has 0 radical (unpaired) electrons. The first-order valence-electron chi connectivity index (χ1n) is 6.48. The largest absolute Gasteiger partial charge is 0.489 e. The van der Waals surface area contributed by atoms with E-state index in [2.05, 4.69) is 12.1 Å². The van der Waals surface area contributed by atoms with Gasteiger partial charge in [0.1, 0.15) is 12.4 Å². The standard InChI is InChI=1S/C16H16ClNO/c17-13-3-1-2-11(8-13)10-19-14-5-6-15-12(9-14)4-7-16(15)18/h1-3,5-6,8-9,16H,4,7,10,18H2. The first-order chi connectivity index (χ1) is 9.22. The van der Waals surface area contributed by atoms with Crippen LogP contribution in [0.5, 0.6) is 5.75 Å². The number of rotatable bonds is 3. The van der Waals surface area contributed by atoms with Gasteiger partial charge in [0.2, 0.25) is 0 Å². The van der Waals surface area contributed by atoms with Crippen molar-refractivity contribution < 1.29 is 4.74 Å². The van der Waals surface area contributed by atoms with E-state index in [1.54, 1.807) is 0 Å². The summed E-state index contributed by atoms with van der Waals surface area (Å²) < 4.78 is 5.81. The monoisotopic (exact) mass is 273 g/mol. The first-order valence-corrected chi connectivity index (χ1v) is 6.86. The smallest absolute Gasteiger partial charge is 0.120 e. The van der Waals surface area contributed by atoms with Gasteiger partial charge in [0, 0.05) is 11.1 Å². The third kappa shape index (κ3) is 2.75. The molecule has 0 saturated heterocycles. The maximum atomic E-state index is 6.02. The fraction of sp³-hybridized carbons (Fsp3) is 0.250. The van der Waals surface area contributed by atoms with Crippen LogP contribution in [0.25, 0.3) is 0 Å². The summed E-state index contributed by atoms with van der Waals surface area (Å²) in [4.78, 5) is 0. The van der Waals surface area contributed by atoms with Crippen LogP contribution in [0.3, 0.4) is 0 Å². The Hall–Kier alpha value is -1.51. The number of hydrogen-bond acceptors (Lipinski definition) is 2. The molecule has 1 atom stereocenters. The van der Waals surface area contributed by atoms with Gasteiger partial charge in [0.15, 0.2) is 0 Å². The van der Waals surface area contributed by atoms with E-state index in [1.807, 2.05) is 30.3 Å². The van der Waals surface area contributed by atoms with Gasteiger partial charge in [-0.1, -0.05) is 29.8 Å². The van der Waals surface area contributed by atoms with Crippen LogP contribution in [0.2, 0.25) is 5.02 Å². The lowest BCUT2D eigenvalue weighted by atomic mass is 10.1. The van der Waals surface area contributed by atoms with Crippen molar-refractivity contribution in [3.63, 3.8) is 0 Å². The quantitative estimate of drug-likeness (QED) is 0.921. The molecule has 0 spiro atoms.